The third-order valence-electron chi connectivity index (χ3n) is 2.13. The molecule has 0 radical (unpaired) electrons. The topological polar surface area (TPSA) is 63.2 Å². The first-order valence-corrected chi connectivity index (χ1v) is 8.86. The highest BCUT2D eigenvalue weighted by Crippen LogP contribution is 2.21. The summed E-state index contributed by atoms with van der Waals surface area (Å²) in [7, 11) is -3.04. The molecule has 1 aliphatic heterocycles. The molecule has 2 heterocycles. The van der Waals surface area contributed by atoms with Crippen LogP contribution in [0.5, 0.6) is 0 Å². The minimum absolute atomic E-state index is 0.0634. The largest absolute Gasteiger partial charge is 0.345 e. The molecule has 90 valence electrons. The van der Waals surface area contributed by atoms with Gasteiger partial charge in [-0.15, -0.1) is 0 Å². The number of hydrogen-bond donors (Lipinski definition) is 0. The van der Waals surface area contributed by atoms with Gasteiger partial charge in [-0.3, -0.25) is 0 Å². The number of nitrogens with zero attached hydrogens (tertiary/aromatic N) is 3. The summed E-state index contributed by atoms with van der Waals surface area (Å²) in [6, 6.07) is 0. The van der Waals surface area contributed by atoms with Crippen LogP contribution in [0.4, 0.5) is 5.13 Å². The van der Waals surface area contributed by atoms with Crippen LogP contribution < -0.4 is 4.90 Å². The van der Waals surface area contributed by atoms with E-state index in [1.807, 2.05) is 11.8 Å². The van der Waals surface area contributed by atoms with E-state index in [0.717, 1.165) is 29.7 Å². The van der Waals surface area contributed by atoms with Gasteiger partial charge in [0.2, 0.25) is 5.13 Å². The third kappa shape index (κ3) is 3.33. The van der Waals surface area contributed by atoms with Crippen molar-refractivity contribution in [2.24, 2.45) is 0 Å². The maximum Gasteiger partial charge on any atom is 0.205 e. The Labute approximate surface area is 103 Å². The van der Waals surface area contributed by atoms with Gasteiger partial charge in [-0.25, -0.2) is 13.4 Å². The molecule has 8 heteroatoms. The summed E-state index contributed by atoms with van der Waals surface area (Å²) in [6.45, 7) is 1.94. The molecule has 0 N–H and O–H groups in total. The van der Waals surface area contributed by atoms with Crippen molar-refractivity contribution in [1.29, 1.82) is 0 Å². The molecule has 1 saturated heterocycles. The van der Waals surface area contributed by atoms with E-state index in [0.29, 0.717) is 5.82 Å². The molecule has 0 aliphatic carbocycles. The zero-order chi connectivity index (χ0) is 11.6. The van der Waals surface area contributed by atoms with Crippen LogP contribution in [0.2, 0.25) is 0 Å². The normalized spacial score (nSPS) is 17.7. The zero-order valence-corrected chi connectivity index (χ0v) is 11.4. The van der Waals surface area contributed by atoms with E-state index < -0.39 is 9.84 Å². The van der Waals surface area contributed by atoms with E-state index in [4.69, 9.17) is 0 Å². The van der Waals surface area contributed by atoms with Crippen LogP contribution in [-0.2, 0) is 15.6 Å². The molecule has 1 aromatic rings. The summed E-state index contributed by atoms with van der Waals surface area (Å²) < 4.78 is 26.3. The number of hydrogen-bond acceptors (Lipinski definition) is 7. The quantitative estimate of drug-likeness (QED) is 0.809. The molecule has 0 bridgehead atoms. The van der Waals surface area contributed by atoms with Crippen molar-refractivity contribution in [3.63, 3.8) is 0 Å². The number of aromatic nitrogens is 2. The molecule has 1 fully saturated rings. The van der Waals surface area contributed by atoms with Crippen molar-refractivity contribution in [3.8, 4) is 0 Å². The molecule has 0 saturated carbocycles. The highest BCUT2D eigenvalue weighted by molar-refractivity contribution is 7.99. The molecule has 0 aromatic carbocycles. The highest BCUT2D eigenvalue weighted by Gasteiger charge is 2.17. The zero-order valence-electron chi connectivity index (χ0n) is 8.92. The van der Waals surface area contributed by atoms with Crippen molar-refractivity contribution in [3.05, 3.63) is 5.82 Å². The average molecular weight is 279 g/mol. The SMILES string of the molecule is CS(=O)(=O)Cc1nsc(N2CCSCC2)n1. The fourth-order valence-electron chi connectivity index (χ4n) is 1.42. The summed E-state index contributed by atoms with van der Waals surface area (Å²) >= 11 is 3.22. The summed E-state index contributed by atoms with van der Waals surface area (Å²) in [5.74, 6) is 2.55. The lowest BCUT2D eigenvalue weighted by molar-refractivity contribution is 0.600. The fraction of sp³-hybridized carbons (Fsp3) is 0.750. The molecule has 16 heavy (non-hydrogen) atoms. The molecule has 0 unspecified atom stereocenters. The van der Waals surface area contributed by atoms with Gasteiger partial charge < -0.3 is 4.90 Å². The number of rotatable bonds is 3. The van der Waals surface area contributed by atoms with Crippen LogP contribution in [0.15, 0.2) is 0 Å². The van der Waals surface area contributed by atoms with Crippen LogP contribution in [-0.4, -0.2) is 48.6 Å². The molecule has 0 atom stereocenters. The number of anilines is 1. The lowest BCUT2D eigenvalue weighted by Gasteiger charge is -2.24. The Kier molecular flexibility index (Phi) is 3.70. The third-order valence-corrected chi connectivity index (χ3v) is 4.67. The van der Waals surface area contributed by atoms with Gasteiger partial charge in [0.25, 0.3) is 0 Å². The smallest absolute Gasteiger partial charge is 0.205 e. The summed E-state index contributed by atoms with van der Waals surface area (Å²) in [5.41, 5.74) is 0. The molecule has 0 spiro atoms. The predicted octanol–water partition coefficient (Wildman–Crippen LogP) is 0.636. The second-order valence-electron chi connectivity index (χ2n) is 3.66. The van der Waals surface area contributed by atoms with Gasteiger partial charge in [-0.2, -0.15) is 16.1 Å². The molecule has 5 nitrogen and oxygen atoms in total. The van der Waals surface area contributed by atoms with Crippen molar-refractivity contribution < 1.29 is 8.42 Å². The van der Waals surface area contributed by atoms with Crippen LogP contribution in [0.3, 0.4) is 0 Å². The highest BCUT2D eigenvalue weighted by atomic mass is 32.2. The van der Waals surface area contributed by atoms with Gasteiger partial charge in [-0.1, -0.05) is 0 Å². The lowest BCUT2D eigenvalue weighted by atomic mass is 10.5. The van der Waals surface area contributed by atoms with Gasteiger partial charge in [0.05, 0.1) is 0 Å². The summed E-state index contributed by atoms with van der Waals surface area (Å²) in [5, 5.41) is 0.846. The first-order valence-electron chi connectivity index (χ1n) is 4.87. The fourth-order valence-corrected chi connectivity index (χ4v) is 3.74. The van der Waals surface area contributed by atoms with E-state index in [-0.39, 0.29) is 5.75 Å². The predicted molar refractivity (Wildman–Crippen MR) is 68.0 cm³/mol. The van der Waals surface area contributed by atoms with Crippen LogP contribution >= 0.6 is 23.3 Å². The molecular formula is C8H13N3O2S3. The van der Waals surface area contributed by atoms with Gasteiger partial charge in [-0.05, 0) is 0 Å². The maximum atomic E-state index is 11.1. The lowest BCUT2D eigenvalue weighted by Crippen LogP contribution is -2.32. The van der Waals surface area contributed by atoms with Crippen molar-refractivity contribution in [2.75, 3.05) is 35.8 Å². The Morgan fingerprint density at radius 1 is 1.38 bits per heavy atom. The van der Waals surface area contributed by atoms with Gasteiger partial charge in [0.15, 0.2) is 15.7 Å². The number of thioether (sulfide) groups is 1. The Hall–Kier alpha value is -0.340. The Balaban J connectivity index is 2.06. The first-order chi connectivity index (χ1) is 7.54. The standard InChI is InChI=1S/C8H13N3O2S3/c1-16(12,13)6-7-9-8(15-10-7)11-2-4-14-5-3-11/h2-6H2,1H3. The number of sulfone groups is 1. The molecule has 1 aromatic heterocycles. The Morgan fingerprint density at radius 2 is 2.06 bits per heavy atom. The van der Waals surface area contributed by atoms with Crippen LogP contribution in [0, 0.1) is 0 Å². The summed E-state index contributed by atoms with van der Waals surface area (Å²) in [4.78, 5) is 6.43. The molecule has 1 aliphatic rings. The van der Waals surface area contributed by atoms with E-state index in [2.05, 4.69) is 14.3 Å². The summed E-state index contributed by atoms with van der Waals surface area (Å²) in [6.07, 6.45) is 1.20. The Morgan fingerprint density at radius 3 is 2.69 bits per heavy atom. The minimum atomic E-state index is -3.04. The van der Waals surface area contributed by atoms with Crippen LogP contribution in [0.1, 0.15) is 5.82 Å². The van der Waals surface area contributed by atoms with Gasteiger partial charge in [0, 0.05) is 42.4 Å². The monoisotopic (exact) mass is 279 g/mol. The first kappa shape index (κ1) is 12.1. The maximum absolute atomic E-state index is 11.1. The average Bonchev–Trinajstić information content (AvgIpc) is 2.65. The second-order valence-corrected chi connectivity index (χ2v) is 7.76. The molecular weight excluding hydrogens is 266 g/mol. The van der Waals surface area contributed by atoms with Gasteiger partial charge in [0.1, 0.15) is 5.75 Å². The Bertz CT molecular complexity index is 451. The van der Waals surface area contributed by atoms with E-state index in [1.165, 1.54) is 17.8 Å². The minimum Gasteiger partial charge on any atom is -0.345 e. The van der Waals surface area contributed by atoms with Crippen molar-refractivity contribution >= 4 is 38.3 Å². The molecule has 2 rings (SSSR count). The van der Waals surface area contributed by atoms with E-state index in [1.54, 1.807) is 0 Å². The van der Waals surface area contributed by atoms with E-state index in [9.17, 15) is 8.42 Å². The van der Waals surface area contributed by atoms with Gasteiger partial charge >= 0.3 is 0 Å². The van der Waals surface area contributed by atoms with E-state index >= 15 is 0 Å². The van der Waals surface area contributed by atoms with Crippen molar-refractivity contribution in [1.82, 2.24) is 9.36 Å². The van der Waals surface area contributed by atoms with Crippen molar-refractivity contribution in [2.45, 2.75) is 5.75 Å². The molecule has 0 amide bonds. The second kappa shape index (κ2) is 4.89. The van der Waals surface area contributed by atoms with Crippen LogP contribution in [0.25, 0.3) is 0 Å².